The molecule has 0 fully saturated rings. The van der Waals surface area contributed by atoms with Crippen molar-refractivity contribution in [1.29, 1.82) is 0 Å². The molecular weight excluding hydrogens is 236 g/mol. The third-order valence-electron chi connectivity index (χ3n) is 3.25. The Morgan fingerprint density at radius 3 is 2.67 bits per heavy atom. The normalized spacial score (nSPS) is 17.2. The van der Waals surface area contributed by atoms with Gasteiger partial charge in [-0.2, -0.15) is 0 Å². The predicted molar refractivity (Wildman–Crippen MR) is 62.9 cm³/mol. The lowest BCUT2D eigenvalue weighted by molar-refractivity contribution is 0.0594. The first-order chi connectivity index (χ1) is 8.36. The minimum atomic E-state index is -0.789. The van der Waals surface area contributed by atoms with Crippen molar-refractivity contribution >= 4 is 11.8 Å². The van der Waals surface area contributed by atoms with Crippen LogP contribution in [0.3, 0.4) is 0 Å². The molecule has 18 heavy (non-hydrogen) atoms. The minimum Gasteiger partial charge on any atom is -0.465 e. The van der Waals surface area contributed by atoms with Crippen molar-refractivity contribution in [1.82, 2.24) is 0 Å². The van der Waals surface area contributed by atoms with E-state index in [2.05, 4.69) is 4.74 Å². The Balaban J connectivity index is 2.68. The smallest absolute Gasteiger partial charge is 0.350 e. The SMILES string of the molecule is COC(=O)c1cc2c(oc1=O)C(C)(C)CCC2=O. The lowest BCUT2D eigenvalue weighted by atomic mass is 9.76. The third-order valence-corrected chi connectivity index (χ3v) is 3.25. The van der Waals surface area contributed by atoms with E-state index in [9.17, 15) is 14.4 Å². The van der Waals surface area contributed by atoms with Gasteiger partial charge in [-0.1, -0.05) is 13.8 Å². The number of ketones is 1. The average molecular weight is 250 g/mol. The van der Waals surface area contributed by atoms with Crippen molar-refractivity contribution in [2.45, 2.75) is 32.1 Å². The maximum absolute atomic E-state index is 11.8. The van der Waals surface area contributed by atoms with Crippen LogP contribution in [0.1, 0.15) is 53.2 Å². The van der Waals surface area contributed by atoms with E-state index in [1.165, 1.54) is 13.2 Å². The van der Waals surface area contributed by atoms with Crippen molar-refractivity contribution in [2.75, 3.05) is 7.11 Å². The molecule has 1 aromatic rings. The molecule has 0 amide bonds. The van der Waals surface area contributed by atoms with Crippen molar-refractivity contribution in [3.8, 4) is 0 Å². The molecule has 0 bridgehead atoms. The maximum Gasteiger partial charge on any atom is 0.350 e. The number of Topliss-reactive ketones (excluding diaryl/α,β-unsaturated/α-hetero) is 1. The Bertz CT molecular complexity index is 580. The van der Waals surface area contributed by atoms with E-state index in [0.717, 1.165) is 0 Å². The van der Waals surface area contributed by atoms with Gasteiger partial charge in [0.2, 0.25) is 0 Å². The molecule has 1 aliphatic carbocycles. The molecule has 0 spiro atoms. The van der Waals surface area contributed by atoms with E-state index in [-0.39, 0.29) is 16.8 Å². The second kappa shape index (κ2) is 4.08. The Morgan fingerprint density at radius 1 is 1.39 bits per heavy atom. The average Bonchev–Trinajstić information content (AvgIpc) is 2.33. The molecule has 1 aromatic heterocycles. The van der Waals surface area contributed by atoms with E-state index >= 15 is 0 Å². The van der Waals surface area contributed by atoms with Gasteiger partial charge in [0.15, 0.2) is 5.78 Å². The summed E-state index contributed by atoms with van der Waals surface area (Å²) >= 11 is 0. The number of methoxy groups -OCH3 is 1. The van der Waals surface area contributed by atoms with Crippen LogP contribution in [0.5, 0.6) is 0 Å². The molecule has 5 heteroatoms. The summed E-state index contributed by atoms with van der Waals surface area (Å²) in [5.74, 6) is -0.544. The van der Waals surface area contributed by atoms with Gasteiger partial charge in [0.05, 0.1) is 12.7 Å². The van der Waals surface area contributed by atoms with Crippen LogP contribution in [0.25, 0.3) is 0 Å². The van der Waals surface area contributed by atoms with Crippen LogP contribution in [0, 0.1) is 0 Å². The molecule has 96 valence electrons. The lowest BCUT2D eigenvalue weighted by Crippen LogP contribution is -2.30. The van der Waals surface area contributed by atoms with Crippen LogP contribution in [0.2, 0.25) is 0 Å². The number of hydrogen-bond donors (Lipinski definition) is 0. The van der Waals surface area contributed by atoms with Gasteiger partial charge in [-0.25, -0.2) is 9.59 Å². The topological polar surface area (TPSA) is 73.6 Å². The molecule has 1 aliphatic rings. The van der Waals surface area contributed by atoms with Crippen LogP contribution < -0.4 is 5.63 Å². The standard InChI is InChI=1S/C13H14O5/c1-13(2)5-4-9(14)7-6-8(11(15)17-3)12(16)18-10(7)13/h6H,4-5H2,1-3H3. The molecule has 1 heterocycles. The quantitative estimate of drug-likeness (QED) is 0.709. The Kier molecular flexibility index (Phi) is 2.84. The van der Waals surface area contributed by atoms with Gasteiger partial charge >= 0.3 is 11.6 Å². The highest BCUT2D eigenvalue weighted by Gasteiger charge is 2.36. The highest BCUT2D eigenvalue weighted by atomic mass is 16.5. The summed E-state index contributed by atoms with van der Waals surface area (Å²) in [7, 11) is 1.17. The molecular formula is C13H14O5. The zero-order chi connectivity index (χ0) is 13.5. The first-order valence-electron chi connectivity index (χ1n) is 5.67. The second-order valence-electron chi connectivity index (χ2n) is 4.99. The van der Waals surface area contributed by atoms with E-state index in [1.54, 1.807) is 0 Å². The molecule has 0 unspecified atom stereocenters. The number of esters is 1. The summed E-state index contributed by atoms with van der Waals surface area (Å²) in [6.07, 6.45) is 1.01. The van der Waals surface area contributed by atoms with Crippen LogP contribution >= 0.6 is 0 Å². The summed E-state index contributed by atoms with van der Waals surface area (Å²) in [5, 5.41) is 0. The fraction of sp³-hybridized carbons (Fsp3) is 0.462. The predicted octanol–water partition coefficient (Wildman–Crippen LogP) is 1.68. The van der Waals surface area contributed by atoms with E-state index in [4.69, 9.17) is 4.42 Å². The summed E-state index contributed by atoms with van der Waals surface area (Å²) in [4.78, 5) is 34.9. The number of hydrogen-bond acceptors (Lipinski definition) is 5. The van der Waals surface area contributed by atoms with Crippen molar-refractivity contribution < 1.29 is 18.7 Å². The zero-order valence-corrected chi connectivity index (χ0v) is 10.5. The summed E-state index contributed by atoms with van der Waals surface area (Å²) < 4.78 is 9.65. The first kappa shape index (κ1) is 12.5. The van der Waals surface area contributed by atoms with Crippen molar-refractivity contribution in [3.05, 3.63) is 33.4 Å². The van der Waals surface area contributed by atoms with Gasteiger partial charge in [-0.3, -0.25) is 4.79 Å². The molecule has 0 aliphatic heterocycles. The van der Waals surface area contributed by atoms with Crippen molar-refractivity contribution in [2.24, 2.45) is 0 Å². The first-order valence-corrected chi connectivity index (χ1v) is 5.67. The third kappa shape index (κ3) is 1.85. The number of carbonyl (C=O) groups excluding carboxylic acids is 2. The van der Waals surface area contributed by atoms with Crippen molar-refractivity contribution in [3.63, 3.8) is 0 Å². The molecule has 0 aromatic carbocycles. The lowest BCUT2D eigenvalue weighted by Gasteiger charge is -2.29. The molecule has 5 nitrogen and oxygen atoms in total. The molecule has 0 saturated carbocycles. The van der Waals surface area contributed by atoms with Gasteiger partial charge < -0.3 is 9.15 Å². The second-order valence-corrected chi connectivity index (χ2v) is 4.99. The van der Waals surface area contributed by atoms with E-state index < -0.39 is 11.6 Å². The van der Waals surface area contributed by atoms with Gasteiger partial charge in [0, 0.05) is 11.8 Å². The molecule has 2 rings (SSSR count). The van der Waals surface area contributed by atoms with Crippen LogP contribution in [0.4, 0.5) is 0 Å². The fourth-order valence-electron chi connectivity index (χ4n) is 2.11. The van der Waals surface area contributed by atoms with Gasteiger partial charge in [0.1, 0.15) is 11.3 Å². The number of rotatable bonds is 1. The largest absolute Gasteiger partial charge is 0.465 e. The van der Waals surface area contributed by atoms with Gasteiger partial charge in [-0.05, 0) is 12.5 Å². The fourth-order valence-corrected chi connectivity index (χ4v) is 2.11. The van der Waals surface area contributed by atoms with Crippen LogP contribution in [-0.2, 0) is 10.2 Å². The minimum absolute atomic E-state index is 0.113. The van der Waals surface area contributed by atoms with E-state index in [1.807, 2.05) is 13.8 Å². The van der Waals surface area contributed by atoms with Gasteiger partial charge in [-0.15, -0.1) is 0 Å². The molecule has 0 N–H and O–H groups in total. The maximum atomic E-state index is 11.8. The Morgan fingerprint density at radius 2 is 2.06 bits per heavy atom. The Hall–Kier alpha value is -1.91. The molecule has 0 atom stereocenters. The molecule has 0 radical (unpaired) electrons. The monoisotopic (exact) mass is 250 g/mol. The summed E-state index contributed by atoms with van der Waals surface area (Å²) in [6.45, 7) is 3.80. The summed E-state index contributed by atoms with van der Waals surface area (Å²) in [5.41, 5.74) is -1.06. The Labute approximate surface area is 104 Å². The number of fused-ring (bicyclic) bond motifs is 1. The highest BCUT2D eigenvalue weighted by molar-refractivity contribution is 6.00. The van der Waals surface area contributed by atoms with Crippen LogP contribution in [0.15, 0.2) is 15.3 Å². The highest BCUT2D eigenvalue weighted by Crippen LogP contribution is 2.36. The number of carbonyl (C=O) groups is 2. The van der Waals surface area contributed by atoms with E-state index in [0.29, 0.717) is 24.2 Å². The molecule has 0 saturated heterocycles. The zero-order valence-electron chi connectivity index (χ0n) is 10.5. The van der Waals surface area contributed by atoms with Crippen LogP contribution in [-0.4, -0.2) is 18.9 Å². The number of ether oxygens (including phenoxy) is 1. The summed E-state index contributed by atoms with van der Waals surface area (Å²) in [6, 6.07) is 1.29. The van der Waals surface area contributed by atoms with Gasteiger partial charge in [0.25, 0.3) is 0 Å².